The van der Waals surface area contributed by atoms with E-state index in [9.17, 15) is 16.8 Å². The maximum atomic E-state index is 13.3. The molecule has 2 aromatic carbocycles. The van der Waals surface area contributed by atoms with E-state index in [-0.39, 0.29) is 17.2 Å². The zero-order valence-corrected chi connectivity index (χ0v) is 18.3. The summed E-state index contributed by atoms with van der Waals surface area (Å²) in [6.45, 7) is 3.44. The molecule has 1 N–H and O–H groups in total. The maximum Gasteiger partial charge on any atom is 0.211 e. The van der Waals surface area contributed by atoms with Crippen LogP contribution >= 0.6 is 0 Å². The molecule has 2 rings (SSSR count). The highest BCUT2D eigenvalue weighted by molar-refractivity contribution is 7.92. The molecule has 0 unspecified atom stereocenters. The lowest BCUT2D eigenvalue weighted by Crippen LogP contribution is -2.33. The van der Waals surface area contributed by atoms with Crippen LogP contribution in [0.1, 0.15) is 29.7 Å². The number of sulfone groups is 1. The SMILES string of the molecule is CCCS(=O)(=O)NC[C@@H](c1ccc(N(C)C)cc1)S(=O)(=O)c1ccc(C)cc1. The molecule has 8 heteroatoms. The fraction of sp³-hybridized carbons (Fsp3) is 0.400. The van der Waals surface area contributed by atoms with Crippen LogP contribution in [0.4, 0.5) is 5.69 Å². The van der Waals surface area contributed by atoms with E-state index >= 15 is 0 Å². The van der Waals surface area contributed by atoms with Crippen molar-refractivity contribution in [3.8, 4) is 0 Å². The molecule has 6 nitrogen and oxygen atoms in total. The summed E-state index contributed by atoms with van der Waals surface area (Å²) in [4.78, 5) is 2.09. The van der Waals surface area contributed by atoms with E-state index in [1.807, 2.05) is 38.1 Å². The van der Waals surface area contributed by atoms with E-state index < -0.39 is 25.1 Å². The monoisotopic (exact) mass is 424 g/mol. The van der Waals surface area contributed by atoms with Gasteiger partial charge < -0.3 is 4.90 Å². The molecule has 0 amide bonds. The van der Waals surface area contributed by atoms with Crippen LogP contribution in [0.5, 0.6) is 0 Å². The van der Waals surface area contributed by atoms with Crippen LogP contribution in [0.25, 0.3) is 0 Å². The van der Waals surface area contributed by atoms with E-state index in [0.717, 1.165) is 11.3 Å². The standard InChI is InChI=1S/C20H28N2O4S2/c1-5-14-27(23,24)21-15-20(17-8-10-18(11-9-17)22(3)4)28(25,26)19-12-6-16(2)7-13-19/h6-13,20-21H,5,14-15H2,1-4H3/t20-/m0/s1. The maximum absolute atomic E-state index is 13.3. The Morgan fingerprint density at radius 3 is 2.00 bits per heavy atom. The third-order valence-corrected chi connectivity index (χ3v) is 8.14. The first-order chi connectivity index (χ1) is 13.1. The van der Waals surface area contributed by atoms with E-state index in [1.54, 1.807) is 43.3 Å². The van der Waals surface area contributed by atoms with Crippen molar-refractivity contribution in [1.29, 1.82) is 0 Å². The van der Waals surface area contributed by atoms with Gasteiger partial charge in [0.1, 0.15) is 5.25 Å². The van der Waals surface area contributed by atoms with Crippen LogP contribution in [-0.2, 0) is 19.9 Å². The molecule has 28 heavy (non-hydrogen) atoms. The molecule has 0 heterocycles. The highest BCUT2D eigenvalue weighted by Gasteiger charge is 2.30. The zero-order valence-electron chi connectivity index (χ0n) is 16.7. The van der Waals surface area contributed by atoms with E-state index in [4.69, 9.17) is 0 Å². The number of benzene rings is 2. The van der Waals surface area contributed by atoms with Crippen LogP contribution in [-0.4, -0.2) is 43.2 Å². The minimum Gasteiger partial charge on any atom is -0.378 e. The lowest BCUT2D eigenvalue weighted by Gasteiger charge is -2.20. The Labute approximate surface area is 168 Å². The van der Waals surface area contributed by atoms with Crippen LogP contribution < -0.4 is 9.62 Å². The number of aryl methyl sites for hydroxylation is 1. The Bertz CT molecular complexity index is 982. The average Bonchev–Trinajstić information content (AvgIpc) is 2.62. The van der Waals surface area contributed by atoms with Crippen molar-refractivity contribution in [3.05, 3.63) is 59.7 Å². The van der Waals surface area contributed by atoms with Gasteiger partial charge in [-0.15, -0.1) is 0 Å². The van der Waals surface area contributed by atoms with Gasteiger partial charge >= 0.3 is 0 Å². The Morgan fingerprint density at radius 2 is 1.50 bits per heavy atom. The predicted octanol–water partition coefficient (Wildman–Crippen LogP) is 2.91. The van der Waals surface area contributed by atoms with Crippen molar-refractivity contribution >= 4 is 25.5 Å². The van der Waals surface area contributed by atoms with Gasteiger partial charge in [-0.05, 0) is 43.2 Å². The van der Waals surface area contributed by atoms with Crippen LogP contribution in [0, 0.1) is 6.92 Å². The van der Waals surface area contributed by atoms with Crippen molar-refractivity contribution < 1.29 is 16.8 Å². The van der Waals surface area contributed by atoms with Gasteiger partial charge in [0.15, 0.2) is 9.84 Å². The van der Waals surface area contributed by atoms with Gasteiger partial charge in [0.25, 0.3) is 0 Å². The van der Waals surface area contributed by atoms with Gasteiger partial charge in [-0.2, -0.15) is 0 Å². The third kappa shape index (κ3) is 5.56. The summed E-state index contributed by atoms with van der Waals surface area (Å²) in [7, 11) is -3.52. The molecule has 0 radical (unpaired) electrons. The quantitative estimate of drug-likeness (QED) is 0.669. The summed E-state index contributed by atoms with van der Waals surface area (Å²) in [5, 5.41) is -1.02. The predicted molar refractivity (Wildman–Crippen MR) is 114 cm³/mol. The summed E-state index contributed by atoms with van der Waals surface area (Å²) in [6.07, 6.45) is 0.461. The van der Waals surface area contributed by atoms with Crippen LogP contribution in [0.3, 0.4) is 0 Å². The highest BCUT2D eigenvalue weighted by Crippen LogP contribution is 2.30. The molecule has 0 saturated carbocycles. The Morgan fingerprint density at radius 1 is 0.929 bits per heavy atom. The second-order valence-corrected chi connectivity index (χ2v) is 11.1. The fourth-order valence-electron chi connectivity index (χ4n) is 2.83. The molecule has 2 aromatic rings. The smallest absolute Gasteiger partial charge is 0.211 e. The summed E-state index contributed by atoms with van der Waals surface area (Å²) >= 11 is 0. The zero-order chi connectivity index (χ0) is 20.9. The topological polar surface area (TPSA) is 83.6 Å². The summed E-state index contributed by atoms with van der Waals surface area (Å²) in [5.74, 6) is -0.0378. The van der Waals surface area contributed by atoms with E-state index in [2.05, 4.69) is 4.72 Å². The van der Waals surface area contributed by atoms with E-state index in [1.165, 1.54) is 0 Å². The number of nitrogens with one attached hydrogen (secondary N) is 1. The first-order valence-corrected chi connectivity index (χ1v) is 12.3. The average molecular weight is 425 g/mol. The van der Waals surface area contributed by atoms with E-state index in [0.29, 0.717) is 12.0 Å². The molecule has 0 aromatic heterocycles. The van der Waals surface area contributed by atoms with Gasteiger partial charge in [-0.1, -0.05) is 36.8 Å². The largest absolute Gasteiger partial charge is 0.378 e. The Hall–Kier alpha value is -1.90. The van der Waals surface area contributed by atoms with Crippen LogP contribution in [0.2, 0.25) is 0 Å². The molecule has 0 saturated heterocycles. The summed E-state index contributed by atoms with van der Waals surface area (Å²) < 4.78 is 53.3. The Kier molecular flexibility index (Phi) is 7.25. The molecule has 154 valence electrons. The first kappa shape index (κ1) is 22.4. The molecule has 0 aliphatic carbocycles. The van der Waals surface area contributed by atoms with Gasteiger partial charge in [-0.3, -0.25) is 0 Å². The van der Waals surface area contributed by atoms with Gasteiger partial charge in [0.05, 0.1) is 10.6 Å². The number of anilines is 1. The van der Waals surface area contributed by atoms with Crippen molar-refractivity contribution in [2.75, 3.05) is 31.3 Å². The highest BCUT2D eigenvalue weighted by atomic mass is 32.2. The second-order valence-electron chi connectivity index (χ2n) is 7.00. The number of sulfonamides is 1. The van der Waals surface area contributed by atoms with Crippen LogP contribution in [0.15, 0.2) is 53.4 Å². The number of hydrogen-bond donors (Lipinski definition) is 1. The number of rotatable bonds is 9. The van der Waals surface area contributed by atoms with Gasteiger partial charge in [-0.25, -0.2) is 21.6 Å². The van der Waals surface area contributed by atoms with Crippen molar-refractivity contribution in [1.82, 2.24) is 4.72 Å². The lowest BCUT2D eigenvalue weighted by atomic mass is 10.1. The first-order valence-electron chi connectivity index (χ1n) is 9.12. The minimum atomic E-state index is -3.78. The molecule has 1 atom stereocenters. The third-order valence-electron chi connectivity index (χ3n) is 4.47. The molecule has 0 spiro atoms. The van der Waals surface area contributed by atoms with Gasteiger partial charge in [0.2, 0.25) is 10.0 Å². The number of nitrogens with zero attached hydrogens (tertiary/aromatic N) is 1. The molecular weight excluding hydrogens is 396 g/mol. The second kappa shape index (κ2) is 9.07. The molecule has 0 aliphatic rings. The lowest BCUT2D eigenvalue weighted by molar-refractivity contribution is 0.568. The number of hydrogen-bond acceptors (Lipinski definition) is 5. The molecule has 0 aliphatic heterocycles. The minimum absolute atomic E-state index is 0.0378. The van der Waals surface area contributed by atoms with Crippen molar-refractivity contribution in [2.24, 2.45) is 0 Å². The summed E-state index contributed by atoms with van der Waals surface area (Å²) in [5.41, 5.74) is 2.43. The van der Waals surface area contributed by atoms with Crippen molar-refractivity contribution in [2.45, 2.75) is 30.4 Å². The normalized spacial score (nSPS) is 13.3. The molecule has 0 fully saturated rings. The molecular formula is C20H28N2O4S2. The van der Waals surface area contributed by atoms with Gasteiger partial charge in [0, 0.05) is 26.3 Å². The molecule has 0 bridgehead atoms. The van der Waals surface area contributed by atoms with Crippen molar-refractivity contribution in [3.63, 3.8) is 0 Å². The summed E-state index contributed by atoms with van der Waals surface area (Å²) in [6, 6.07) is 13.7. The Balaban J connectivity index is 2.44. The fourth-order valence-corrected chi connectivity index (χ4v) is 5.70.